The van der Waals surface area contributed by atoms with Gasteiger partial charge in [0.1, 0.15) is 10.6 Å². The molecule has 1 aromatic heterocycles. The van der Waals surface area contributed by atoms with Crippen LogP contribution in [0.4, 0.5) is 9.93 Å². The van der Waals surface area contributed by atoms with E-state index in [4.69, 9.17) is 4.74 Å². The van der Waals surface area contributed by atoms with E-state index in [0.29, 0.717) is 6.04 Å². The molecular formula is C13H22N4O2S. The normalized spacial score (nSPS) is 22.6. The highest BCUT2D eigenvalue weighted by Crippen LogP contribution is 2.24. The van der Waals surface area contributed by atoms with Gasteiger partial charge in [0.2, 0.25) is 5.13 Å². The molecule has 1 saturated carbocycles. The maximum atomic E-state index is 11.7. The lowest BCUT2D eigenvalue weighted by atomic mass is 10.2. The minimum absolute atomic E-state index is 0.163. The van der Waals surface area contributed by atoms with Gasteiger partial charge in [-0.25, -0.2) is 4.79 Å². The van der Waals surface area contributed by atoms with Crippen LogP contribution in [0.2, 0.25) is 0 Å². The Morgan fingerprint density at radius 2 is 2.00 bits per heavy atom. The molecule has 0 aliphatic heterocycles. The minimum Gasteiger partial charge on any atom is -0.444 e. The quantitative estimate of drug-likeness (QED) is 0.897. The molecule has 2 N–H and O–H groups in total. The topological polar surface area (TPSA) is 76.1 Å². The Kier molecular flexibility index (Phi) is 4.47. The van der Waals surface area contributed by atoms with Gasteiger partial charge in [-0.1, -0.05) is 11.3 Å². The predicted molar refractivity (Wildman–Crippen MR) is 79.1 cm³/mol. The number of aryl methyl sites for hydroxylation is 1. The lowest BCUT2D eigenvalue weighted by Gasteiger charge is -2.21. The van der Waals surface area contributed by atoms with Crippen molar-refractivity contribution in [1.29, 1.82) is 0 Å². The molecule has 0 aromatic carbocycles. The zero-order valence-electron chi connectivity index (χ0n) is 12.4. The van der Waals surface area contributed by atoms with Gasteiger partial charge < -0.3 is 15.4 Å². The van der Waals surface area contributed by atoms with Gasteiger partial charge in [-0.3, -0.25) is 0 Å². The number of alkyl carbamates (subject to hydrolysis) is 1. The number of carbonyl (C=O) groups excluding carboxylic acids is 1. The Morgan fingerprint density at radius 3 is 2.60 bits per heavy atom. The molecule has 2 rings (SSSR count). The molecule has 1 heterocycles. The lowest BCUT2D eigenvalue weighted by Crippen LogP contribution is -2.38. The van der Waals surface area contributed by atoms with E-state index >= 15 is 0 Å². The first-order valence-corrected chi connectivity index (χ1v) is 7.69. The second-order valence-corrected chi connectivity index (χ2v) is 7.31. The van der Waals surface area contributed by atoms with E-state index in [2.05, 4.69) is 20.8 Å². The summed E-state index contributed by atoms with van der Waals surface area (Å²) in [6.07, 6.45) is 2.51. The molecule has 20 heavy (non-hydrogen) atoms. The molecule has 6 nitrogen and oxygen atoms in total. The summed E-state index contributed by atoms with van der Waals surface area (Å²) < 4.78 is 5.27. The Labute approximate surface area is 123 Å². The molecule has 1 aliphatic carbocycles. The van der Waals surface area contributed by atoms with Gasteiger partial charge in [-0.2, -0.15) is 0 Å². The van der Waals surface area contributed by atoms with E-state index < -0.39 is 5.60 Å². The molecule has 2 unspecified atom stereocenters. The van der Waals surface area contributed by atoms with Gasteiger partial charge in [0, 0.05) is 12.1 Å². The third kappa shape index (κ3) is 4.63. The second kappa shape index (κ2) is 5.95. The molecule has 7 heteroatoms. The number of amides is 1. The number of carbonyl (C=O) groups is 1. The van der Waals surface area contributed by atoms with E-state index in [1.54, 1.807) is 11.3 Å². The number of nitrogens with zero attached hydrogens (tertiary/aromatic N) is 2. The minimum atomic E-state index is -0.454. The highest BCUT2D eigenvalue weighted by atomic mass is 32.1. The first-order valence-electron chi connectivity index (χ1n) is 6.88. The summed E-state index contributed by atoms with van der Waals surface area (Å²) in [5.74, 6) is 0. The Bertz CT molecular complexity index is 469. The van der Waals surface area contributed by atoms with Crippen LogP contribution >= 0.6 is 11.3 Å². The van der Waals surface area contributed by atoms with Crippen molar-refractivity contribution in [3.63, 3.8) is 0 Å². The van der Waals surface area contributed by atoms with Gasteiger partial charge in [0.15, 0.2) is 0 Å². The van der Waals surface area contributed by atoms with E-state index in [0.717, 1.165) is 29.4 Å². The number of hydrogen-bond donors (Lipinski definition) is 2. The van der Waals surface area contributed by atoms with Gasteiger partial charge in [0.25, 0.3) is 0 Å². The first-order chi connectivity index (χ1) is 9.32. The van der Waals surface area contributed by atoms with Crippen molar-refractivity contribution in [2.45, 2.75) is 64.6 Å². The van der Waals surface area contributed by atoms with Crippen LogP contribution in [-0.4, -0.2) is 34.0 Å². The molecule has 112 valence electrons. The SMILES string of the molecule is Cc1nnc(NC2CCC(NC(=O)OC(C)(C)C)C2)s1. The van der Waals surface area contributed by atoms with Crippen molar-refractivity contribution >= 4 is 22.6 Å². The first kappa shape index (κ1) is 15.0. The van der Waals surface area contributed by atoms with Crippen LogP contribution in [0.5, 0.6) is 0 Å². The molecule has 0 saturated heterocycles. The summed E-state index contributed by atoms with van der Waals surface area (Å²) >= 11 is 1.55. The van der Waals surface area contributed by atoms with Crippen molar-refractivity contribution in [1.82, 2.24) is 15.5 Å². The Hall–Kier alpha value is -1.37. The molecule has 1 aromatic rings. The number of aromatic nitrogens is 2. The van der Waals surface area contributed by atoms with Crippen LogP contribution in [-0.2, 0) is 4.74 Å². The molecule has 0 radical (unpaired) electrons. The van der Waals surface area contributed by atoms with E-state index in [1.807, 2.05) is 27.7 Å². The summed E-state index contributed by atoms with van der Waals surface area (Å²) in [4.78, 5) is 11.7. The molecule has 0 bridgehead atoms. The van der Waals surface area contributed by atoms with Crippen LogP contribution in [0.1, 0.15) is 45.0 Å². The van der Waals surface area contributed by atoms with Crippen molar-refractivity contribution in [2.24, 2.45) is 0 Å². The molecule has 2 atom stereocenters. The van der Waals surface area contributed by atoms with Gasteiger partial charge in [-0.05, 0) is 47.0 Å². The average Bonchev–Trinajstić information content (AvgIpc) is 2.86. The van der Waals surface area contributed by atoms with Gasteiger partial charge >= 0.3 is 6.09 Å². The number of nitrogens with one attached hydrogen (secondary N) is 2. The number of rotatable bonds is 3. The summed E-state index contributed by atoms with van der Waals surface area (Å²) in [7, 11) is 0. The fraction of sp³-hybridized carbons (Fsp3) is 0.769. The summed E-state index contributed by atoms with van der Waals surface area (Å²) in [5.41, 5.74) is -0.454. The van der Waals surface area contributed by atoms with Crippen molar-refractivity contribution in [2.75, 3.05) is 5.32 Å². The molecule has 0 spiro atoms. The molecule has 1 fully saturated rings. The Morgan fingerprint density at radius 1 is 1.30 bits per heavy atom. The summed E-state index contributed by atoms with van der Waals surface area (Å²) in [6, 6.07) is 0.499. The van der Waals surface area contributed by atoms with E-state index in [1.165, 1.54) is 0 Å². The van der Waals surface area contributed by atoms with E-state index in [9.17, 15) is 4.79 Å². The van der Waals surface area contributed by atoms with Crippen LogP contribution in [0.15, 0.2) is 0 Å². The van der Waals surface area contributed by atoms with Crippen LogP contribution in [0, 0.1) is 6.92 Å². The smallest absolute Gasteiger partial charge is 0.407 e. The molecule has 1 amide bonds. The molecule has 1 aliphatic rings. The maximum absolute atomic E-state index is 11.7. The van der Waals surface area contributed by atoms with Crippen LogP contribution in [0.3, 0.4) is 0 Å². The average molecular weight is 298 g/mol. The highest BCUT2D eigenvalue weighted by molar-refractivity contribution is 7.15. The summed E-state index contributed by atoms with van der Waals surface area (Å²) in [5, 5.41) is 16.1. The zero-order valence-corrected chi connectivity index (χ0v) is 13.2. The fourth-order valence-corrected chi connectivity index (χ4v) is 2.92. The number of ether oxygens (including phenoxy) is 1. The predicted octanol–water partition coefficient (Wildman–Crippen LogP) is 2.70. The second-order valence-electron chi connectivity index (χ2n) is 6.12. The highest BCUT2D eigenvalue weighted by Gasteiger charge is 2.28. The third-order valence-corrected chi connectivity index (χ3v) is 3.78. The Balaban J connectivity index is 1.76. The molecular weight excluding hydrogens is 276 g/mol. The summed E-state index contributed by atoms with van der Waals surface area (Å²) in [6.45, 7) is 7.53. The third-order valence-electron chi connectivity index (χ3n) is 3.01. The lowest BCUT2D eigenvalue weighted by molar-refractivity contribution is 0.0505. The number of anilines is 1. The number of hydrogen-bond acceptors (Lipinski definition) is 6. The fourth-order valence-electron chi connectivity index (χ4n) is 2.25. The monoisotopic (exact) mass is 298 g/mol. The maximum Gasteiger partial charge on any atom is 0.407 e. The van der Waals surface area contributed by atoms with Crippen molar-refractivity contribution < 1.29 is 9.53 Å². The largest absolute Gasteiger partial charge is 0.444 e. The zero-order chi connectivity index (χ0) is 14.8. The van der Waals surface area contributed by atoms with E-state index in [-0.39, 0.29) is 12.1 Å². The van der Waals surface area contributed by atoms with Crippen molar-refractivity contribution in [3.8, 4) is 0 Å². The standard InChI is InChI=1S/C13H22N4O2S/c1-8-16-17-11(20-8)14-9-5-6-10(7-9)15-12(18)19-13(2,3)4/h9-10H,5-7H2,1-4H3,(H,14,17)(H,15,18). The van der Waals surface area contributed by atoms with Gasteiger partial charge in [0.05, 0.1) is 0 Å². The van der Waals surface area contributed by atoms with Crippen LogP contribution in [0.25, 0.3) is 0 Å². The van der Waals surface area contributed by atoms with Crippen molar-refractivity contribution in [3.05, 3.63) is 5.01 Å². The van der Waals surface area contributed by atoms with Gasteiger partial charge in [-0.15, -0.1) is 10.2 Å². The van der Waals surface area contributed by atoms with Crippen LogP contribution < -0.4 is 10.6 Å².